The summed E-state index contributed by atoms with van der Waals surface area (Å²) >= 11 is 0. The zero-order valence-electron chi connectivity index (χ0n) is 42.9. The monoisotopic (exact) mass is 999 g/mol. The lowest BCUT2D eigenvalue weighted by Gasteiger charge is -2.41. The molecule has 0 radical (unpaired) electrons. The number of nitrogens with one attached hydrogen (secondary N) is 3. The minimum atomic E-state index is -1.39. The number of carboxylic acid groups (broad SMARTS) is 1. The van der Waals surface area contributed by atoms with Gasteiger partial charge in [-0.2, -0.15) is 0 Å². The number of hydrogen-bond acceptors (Lipinski definition) is 13. The Kier molecular flexibility index (Phi) is 23.5. The number of hydrogen-bond donors (Lipinski definition) is 4. The molecule has 396 valence electrons. The molecule has 3 aliphatic rings. The molecule has 1 aliphatic carbocycles. The van der Waals surface area contributed by atoms with E-state index >= 15 is 0 Å². The summed E-state index contributed by atoms with van der Waals surface area (Å²) in [6, 6.07) is 5.91. The van der Waals surface area contributed by atoms with Crippen LogP contribution in [0.25, 0.3) is 0 Å². The number of rotatable bonds is 31. The van der Waals surface area contributed by atoms with Crippen molar-refractivity contribution in [2.24, 2.45) is 17.8 Å². The van der Waals surface area contributed by atoms with Crippen LogP contribution in [-0.2, 0) is 68.5 Å². The quantitative estimate of drug-likeness (QED) is 0.0616. The van der Waals surface area contributed by atoms with Crippen molar-refractivity contribution in [1.29, 1.82) is 0 Å². The van der Waals surface area contributed by atoms with Gasteiger partial charge in [0, 0.05) is 52.8 Å². The van der Waals surface area contributed by atoms with E-state index < -0.39 is 71.5 Å². The molecule has 0 spiro atoms. The van der Waals surface area contributed by atoms with E-state index in [-0.39, 0.29) is 101 Å². The first-order valence-electron chi connectivity index (χ1n) is 24.9. The number of likely N-dealkylation sites (tertiary alicyclic amines) is 1. The molecule has 1 saturated heterocycles. The maximum atomic E-state index is 14.6. The topological polar surface area (TPSA) is 249 Å². The summed E-state index contributed by atoms with van der Waals surface area (Å²) in [5.74, 6) is -5.08. The molecule has 7 atom stereocenters. The van der Waals surface area contributed by atoms with Gasteiger partial charge in [-0.25, -0.2) is 4.79 Å². The molecule has 0 unspecified atom stereocenters. The highest BCUT2D eigenvalue weighted by molar-refractivity contribution is 6.12. The van der Waals surface area contributed by atoms with E-state index in [1.165, 1.54) is 26.4 Å². The molecule has 7 amide bonds. The molecule has 1 aromatic rings. The average Bonchev–Trinajstić information content (AvgIpc) is 4.12. The molecule has 4 N–H and O–H groups in total. The smallest absolute Gasteiger partial charge is 0.326 e. The van der Waals surface area contributed by atoms with Crippen molar-refractivity contribution in [2.75, 3.05) is 74.0 Å². The molecule has 2 fully saturated rings. The second-order valence-electron chi connectivity index (χ2n) is 19.5. The maximum Gasteiger partial charge on any atom is 0.326 e. The molecule has 71 heavy (non-hydrogen) atoms. The fraction of sp³-hybridized carbons (Fsp3) is 0.686. The minimum absolute atomic E-state index is 0.0160. The Hall–Kier alpha value is -5.28. The standard InChI is InChI=1S/C51H78N6O14/c1-33(2)44(53-50(66)51(4,5)54-40(58)22-25-69-27-29-71-30-28-70-26-24-57-41(59)20-21-42(57)60)48(63)55(6)45(36-17-12-13-18-36)39(67-7)32-43(61)56-23-14-19-38(56)46(68-8)34(3)47(62)52-37(49(64)65)31-35-15-10-9-11-16-35/h9-11,15-16,20-21,33-34,36-39,44-46H,12-14,17-19,22-32H2,1-8H3,(H,52,62)(H,53,66)(H,54,58)(H,64,65)/t34-,37+,38+,39-,44+,45+,46-/m1/s1. The van der Waals surface area contributed by atoms with E-state index in [4.69, 9.17) is 23.7 Å². The van der Waals surface area contributed by atoms with E-state index in [1.54, 1.807) is 61.9 Å². The number of carbonyl (C=O) groups is 8. The lowest BCUT2D eigenvalue weighted by atomic mass is 9.88. The predicted octanol–water partition coefficient (Wildman–Crippen LogP) is 2.26. The molecule has 20 heteroatoms. The van der Waals surface area contributed by atoms with Gasteiger partial charge in [0.2, 0.25) is 29.5 Å². The van der Waals surface area contributed by atoms with Crippen LogP contribution in [0.15, 0.2) is 42.5 Å². The Labute approximate surface area is 418 Å². The summed E-state index contributed by atoms with van der Waals surface area (Å²) in [4.78, 5) is 109. The number of carbonyl (C=O) groups excluding carboxylic acids is 7. The van der Waals surface area contributed by atoms with Crippen LogP contribution >= 0.6 is 0 Å². The first-order chi connectivity index (χ1) is 33.8. The first-order valence-corrected chi connectivity index (χ1v) is 24.9. The zero-order chi connectivity index (χ0) is 52.3. The number of aliphatic carboxylic acids is 1. The Morgan fingerprint density at radius 1 is 0.817 bits per heavy atom. The van der Waals surface area contributed by atoms with Crippen LogP contribution in [0.1, 0.15) is 91.5 Å². The van der Waals surface area contributed by atoms with E-state index in [1.807, 2.05) is 19.9 Å². The first kappa shape index (κ1) is 58.3. The SMILES string of the molecule is CO[C@H]([C@@H](C)C(=O)N[C@@H](Cc1ccccc1)C(=O)O)[C@@H]1CCCN1C(=O)C[C@@H](OC)[C@H](C1CCCC1)N(C)C(=O)[C@@H](NC(=O)C(C)(C)NC(=O)CCOCCOCCOCCN1C(=O)C=CC1=O)C(C)C. The van der Waals surface area contributed by atoms with Gasteiger partial charge in [0.25, 0.3) is 11.8 Å². The molecule has 4 rings (SSSR count). The van der Waals surface area contributed by atoms with Gasteiger partial charge in [0.15, 0.2) is 0 Å². The van der Waals surface area contributed by atoms with Crippen LogP contribution in [0.3, 0.4) is 0 Å². The van der Waals surface area contributed by atoms with Crippen LogP contribution in [0.4, 0.5) is 0 Å². The van der Waals surface area contributed by atoms with Crippen LogP contribution in [0, 0.1) is 17.8 Å². The molecule has 1 aromatic carbocycles. The van der Waals surface area contributed by atoms with Crippen molar-refractivity contribution in [3.63, 3.8) is 0 Å². The molecular formula is C51H78N6O14. The highest BCUT2D eigenvalue weighted by atomic mass is 16.5. The second-order valence-corrected chi connectivity index (χ2v) is 19.5. The third kappa shape index (κ3) is 17.2. The summed E-state index contributed by atoms with van der Waals surface area (Å²) in [7, 11) is 4.68. The Morgan fingerprint density at radius 3 is 2.00 bits per heavy atom. The van der Waals surface area contributed by atoms with Crippen molar-refractivity contribution >= 4 is 47.3 Å². The average molecular weight is 999 g/mol. The lowest BCUT2D eigenvalue weighted by Crippen LogP contribution is -2.62. The number of ether oxygens (including phenoxy) is 5. The molecule has 20 nitrogen and oxygen atoms in total. The summed E-state index contributed by atoms with van der Waals surface area (Å²) in [6.45, 7) is 10.3. The summed E-state index contributed by atoms with van der Waals surface area (Å²) in [6.07, 6.45) is 5.79. The Bertz CT molecular complexity index is 1960. The molecule has 0 aromatic heterocycles. The summed E-state index contributed by atoms with van der Waals surface area (Å²) in [5.41, 5.74) is -0.631. The van der Waals surface area contributed by atoms with Gasteiger partial charge in [-0.15, -0.1) is 0 Å². The zero-order valence-corrected chi connectivity index (χ0v) is 42.9. The van der Waals surface area contributed by atoms with Crippen LogP contribution in [0.5, 0.6) is 0 Å². The lowest BCUT2D eigenvalue weighted by molar-refractivity contribution is -0.148. The second kappa shape index (κ2) is 28.7. The fourth-order valence-corrected chi connectivity index (χ4v) is 9.62. The Morgan fingerprint density at radius 2 is 1.42 bits per heavy atom. The number of benzene rings is 1. The van der Waals surface area contributed by atoms with E-state index in [2.05, 4.69) is 16.0 Å². The molecule has 0 bridgehead atoms. The highest BCUT2D eigenvalue weighted by Crippen LogP contribution is 2.35. The van der Waals surface area contributed by atoms with Gasteiger partial charge >= 0.3 is 5.97 Å². The number of amides is 7. The van der Waals surface area contributed by atoms with Crippen LogP contribution in [0.2, 0.25) is 0 Å². The van der Waals surface area contributed by atoms with E-state index in [0.29, 0.717) is 19.4 Å². The maximum absolute atomic E-state index is 14.6. The van der Waals surface area contributed by atoms with Gasteiger partial charge in [-0.3, -0.25) is 38.5 Å². The van der Waals surface area contributed by atoms with Gasteiger partial charge in [-0.1, -0.05) is 63.9 Å². The highest BCUT2D eigenvalue weighted by Gasteiger charge is 2.45. The van der Waals surface area contributed by atoms with Gasteiger partial charge < -0.3 is 54.5 Å². The summed E-state index contributed by atoms with van der Waals surface area (Å²) < 4.78 is 28.4. The van der Waals surface area contributed by atoms with E-state index in [0.717, 1.165) is 36.1 Å². The van der Waals surface area contributed by atoms with Gasteiger partial charge in [-0.05, 0) is 56.9 Å². The van der Waals surface area contributed by atoms with Crippen molar-refractivity contribution < 1.29 is 67.1 Å². The molecule has 2 aliphatic heterocycles. The Balaban J connectivity index is 1.30. The number of carboxylic acids is 1. The van der Waals surface area contributed by atoms with Gasteiger partial charge in [0.05, 0.1) is 82.8 Å². The fourth-order valence-electron chi connectivity index (χ4n) is 9.62. The summed E-state index contributed by atoms with van der Waals surface area (Å²) in [5, 5.41) is 18.3. The number of methoxy groups -OCH3 is 2. The van der Waals surface area contributed by atoms with Crippen molar-refractivity contribution in [2.45, 2.75) is 134 Å². The van der Waals surface area contributed by atoms with Crippen molar-refractivity contribution in [3.8, 4) is 0 Å². The number of nitrogens with zero attached hydrogens (tertiary/aromatic N) is 3. The third-order valence-electron chi connectivity index (χ3n) is 13.6. The molecule has 1 saturated carbocycles. The van der Waals surface area contributed by atoms with Crippen LogP contribution in [-0.4, -0.2) is 183 Å². The van der Waals surface area contributed by atoms with Crippen molar-refractivity contribution in [3.05, 3.63) is 48.0 Å². The molecular weight excluding hydrogens is 921 g/mol. The normalized spacial score (nSPS) is 18.8. The molecule has 2 heterocycles. The van der Waals surface area contributed by atoms with Gasteiger partial charge in [0.1, 0.15) is 17.6 Å². The largest absolute Gasteiger partial charge is 0.480 e. The number of likely N-dealkylation sites (N-methyl/N-ethyl adjacent to an activating group) is 1. The van der Waals surface area contributed by atoms with Crippen molar-refractivity contribution in [1.82, 2.24) is 30.7 Å². The third-order valence-corrected chi connectivity index (χ3v) is 13.6. The van der Waals surface area contributed by atoms with E-state index in [9.17, 15) is 43.5 Å². The predicted molar refractivity (Wildman–Crippen MR) is 260 cm³/mol. The van der Waals surface area contributed by atoms with Crippen LogP contribution < -0.4 is 16.0 Å². The number of imide groups is 1. The minimum Gasteiger partial charge on any atom is -0.480 e.